The number of nitrogens with zero attached hydrogens (tertiary/aromatic N) is 5. The van der Waals surface area contributed by atoms with Crippen LogP contribution in [0.15, 0.2) is 97.9 Å². The first kappa shape index (κ1) is 52.4. The number of nitrogens with two attached hydrogens (primary N) is 4. The summed E-state index contributed by atoms with van der Waals surface area (Å²) in [5.74, 6) is -1.18. The molecule has 12 N–H and O–H groups in total. The maximum atomic E-state index is 12.2. The number of pyridine rings is 3. The van der Waals surface area contributed by atoms with Crippen LogP contribution in [0, 0.1) is 0 Å². The Morgan fingerprint density at radius 3 is 1.25 bits per heavy atom. The van der Waals surface area contributed by atoms with E-state index in [0.717, 1.165) is 6.42 Å². The monoisotopic (exact) mass is 1030 g/mol. The lowest BCUT2D eigenvalue weighted by Crippen LogP contribution is -2.26. The number of carboxylic acids is 1. The van der Waals surface area contributed by atoms with Gasteiger partial charge < -0.3 is 28.0 Å². The minimum atomic E-state index is -3.90. The van der Waals surface area contributed by atoms with Crippen LogP contribution in [0.5, 0.6) is 0 Å². The van der Waals surface area contributed by atoms with E-state index in [9.17, 15) is 30.0 Å². The van der Waals surface area contributed by atoms with Crippen LogP contribution in [0.1, 0.15) is 33.1 Å². The Kier molecular flexibility index (Phi) is 18.4. The third kappa shape index (κ3) is 14.1. The summed E-state index contributed by atoms with van der Waals surface area (Å²) in [6.45, 7) is 4.29. The topological polar surface area (TPSA) is 343 Å². The van der Waals surface area contributed by atoms with Crippen molar-refractivity contribution < 1.29 is 35.2 Å². The standard InChI is InChI=1S/C13H14ClN5O4S.C13H16ClN5O2S.C12H12Cl2N2O2S/c14-10-6-17-12(19-13(15)16)9-5-7(1-2-8(9)10)24(22,23)18-4-3-11(20)21;1-2-5-18-22(20,21)8-3-4-9-10(6-8)12(19-13(15)16)17-7-11(9)14;1-2-5-16-19(17,18)8-3-4-9-10(6-8)12(14)15-7-11(9)13/h1-2,5-6,18H,3-4H2,(H,20,21)(H4,15,16,17,19);3-4,6-7,18H,2,5H2,1H3,(H4,15,16,17,19);3-4,6-7,16H,2,5H2,1H3. The van der Waals surface area contributed by atoms with E-state index in [1.807, 2.05) is 13.8 Å². The number of benzene rings is 3. The van der Waals surface area contributed by atoms with Crippen LogP contribution in [-0.2, 0) is 34.9 Å². The summed E-state index contributed by atoms with van der Waals surface area (Å²) < 4.78 is 80.1. The maximum Gasteiger partial charge on any atom is 0.304 e. The van der Waals surface area contributed by atoms with Crippen molar-refractivity contribution in [1.29, 1.82) is 0 Å². The number of carbonyl (C=O) groups is 1. The minimum Gasteiger partial charge on any atom is -0.481 e. The molecule has 0 radical (unpaired) electrons. The quantitative estimate of drug-likeness (QED) is 0.0370. The number of nitrogens with one attached hydrogen (secondary N) is 3. The molecule has 3 aromatic heterocycles. The number of fused-ring (bicyclic) bond motifs is 3. The highest BCUT2D eigenvalue weighted by molar-refractivity contribution is 7.90. The predicted octanol–water partition coefficient (Wildman–Crippen LogP) is 5.26. The van der Waals surface area contributed by atoms with Gasteiger partial charge in [-0.25, -0.2) is 54.4 Å². The predicted molar refractivity (Wildman–Crippen MR) is 255 cm³/mol. The van der Waals surface area contributed by atoms with E-state index in [2.05, 4.69) is 39.1 Å². The van der Waals surface area contributed by atoms with Crippen LogP contribution >= 0.6 is 46.4 Å². The molecule has 348 valence electrons. The number of aromatic nitrogens is 3. The molecule has 3 heterocycles. The number of aliphatic imine (C=N–C) groups is 2. The van der Waals surface area contributed by atoms with Gasteiger partial charge in [-0.05, 0) is 49.2 Å². The van der Waals surface area contributed by atoms with Gasteiger partial charge in [-0.1, -0.05) is 78.5 Å². The highest BCUT2D eigenvalue weighted by Gasteiger charge is 2.19. The Morgan fingerprint density at radius 2 is 0.892 bits per heavy atom. The molecular formula is C38H42Cl4N12O8S3. The Morgan fingerprint density at radius 1 is 0.554 bits per heavy atom. The molecule has 0 saturated carbocycles. The van der Waals surface area contributed by atoms with Gasteiger partial charge in [-0.2, -0.15) is 9.98 Å². The molecule has 6 aromatic rings. The number of hydrogen-bond acceptors (Lipinski definition) is 12. The second kappa shape index (κ2) is 22.8. The summed E-state index contributed by atoms with van der Waals surface area (Å²) >= 11 is 24.1. The molecule has 0 aliphatic heterocycles. The first-order valence-electron chi connectivity index (χ1n) is 18.8. The van der Waals surface area contributed by atoms with Crippen molar-refractivity contribution in [3.05, 3.63) is 93.4 Å². The molecule has 65 heavy (non-hydrogen) atoms. The normalized spacial score (nSPS) is 11.6. The summed E-state index contributed by atoms with van der Waals surface area (Å²) in [6.07, 6.45) is 5.29. The number of hydrogen-bond donors (Lipinski definition) is 8. The number of rotatable bonds is 15. The molecular weight excluding hydrogens is 991 g/mol. The second-order valence-corrected chi connectivity index (χ2v) is 20.2. The molecule has 0 bridgehead atoms. The third-order valence-electron chi connectivity index (χ3n) is 8.46. The van der Waals surface area contributed by atoms with Crippen LogP contribution in [0.4, 0.5) is 11.6 Å². The van der Waals surface area contributed by atoms with Crippen molar-refractivity contribution in [2.45, 2.75) is 47.8 Å². The molecule has 20 nitrogen and oxygen atoms in total. The van der Waals surface area contributed by atoms with E-state index in [1.54, 1.807) is 12.1 Å². The number of carboxylic acid groups (broad SMARTS) is 1. The zero-order chi connectivity index (χ0) is 48.3. The Bertz CT molecular complexity index is 3140. The molecule has 27 heteroatoms. The Balaban J connectivity index is 0.000000215. The Hall–Kier alpha value is -5.21. The van der Waals surface area contributed by atoms with Crippen LogP contribution in [0.3, 0.4) is 0 Å². The molecule has 0 amide bonds. The lowest BCUT2D eigenvalue weighted by Gasteiger charge is -2.09. The number of halogens is 4. The number of sulfonamides is 3. The summed E-state index contributed by atoms with van der Waals surface area (Å²) in [5, 5.41) is 13.1. The van der Waals surface area contributed by atoms with E-state index in [-0.39, 0.29) is 56.4 Å². The summed E-state index contributed by atoms with van der Waals surface area (Å²) in [4.78, 5) is 30.3. The SMILES string of the molecule is CCCNS(=O)(=O)c1ccc2c(Cl)cnc(Cl)c2c1.CCCNS(=O)(=O)c1ccc2c(Cl)cnc(N=C(N)N)c2c1.NC(N)=Nc1ncc(Cl)c2ccc(S(=O)(=O)NCCC(=O)O)cc12. The van der Waals surface area contributed by atoms with Crippen molar-refractivity contribution in [3.8, 4) is 0 Å². The molecule has 3 aromatic carbocycles. The third-order valence-corrected chi connectivity index (χ3v) is 14.0. The molecule has 0 fully saturated rings. The van der Waals surface area contributed by atoms with Gasteiger partial charge in [-0.3, -0.25) is 4.79 Å². The van der Waals surface area contributed by atoms with Gasteiger partial charge in [0.15, 0.2) is 23.6 Å². The summed E-state index contributed by atoms with van der Waals surface area (Å²) in [7, 11) is -11.0. The summed E-state index contributed by atoms with van der Waals surface area (Å²) in [5.41, 5.74) is 21.4. The van der Waals surface area contributed by atoms with Crippen LogP contribution in [-0.4, -0.2) is 82.8 Å². The highest BCUT2D eigenvalue weighted by Crippen LogP contribution is 2.33. The van der Waals surface area contributed by atoms with E-state index in [1.165, 1.54) is 61.1 Å². The van der Waals surface area contributed by atoms with Crippen LogP contribution < -0.4 is 37.1 Å². The zero-order valence-corrected chi connectivity index (χ0v) is 39.7. The van der Waals surface area contributed by atoms with E-state index in [0.29, 0.717) is 66.9 Å². The zero-order valence-electron chi connectivity index (χ0n) is 34.3. The average molecular weight is 1030 g/mol. The lowest BCUT2D eigenvalue weighted by atomic mass is 10.1. The molecule has 0 saturated heterocycles. The van der Waals surface area contributed by atoms with E-state index >= 15 is 0 Å². The smallest absolute Gasteiger partial charge is 0.304 e. The van der Waals surface area contributed by atoms with Gasteiger partial charge in [0, 0.05) is 70.5 Å². The van der Waals surface area contributed by atoms with Crippen molar-refractivity contribution >= 4 is 138 Å². The van der Waals surface area contributed by atoms with E-state index < -0.39 is 36.0 Å². The van der Waals surface area contributed by atoms with Gasteiger partial charge >= 0.3 is 5.97 Å². The molecule has 0 atom stereocenters. The molecule has 6 rings (SSSR count). The average Bonchev–Trinajstić information content (AvgIpc) is 3.25. The van der Waals surface area contributed by atoms with Crippen LogP contribution in [0.2, 0.25) is 20.2 Å². The first-order valence-corrected chi connectivity index (χ1v) is 24.8. The van der Waals surface area contributed by atoms with Crippen molar-refractivity contribution in [2.24, 2.45) is 32.9 Å². The fourth-order valence-electron chi connectivity index (χ4n) is 5.44. The summed E-state index contributed by atoms with van der Waals surface area (Å²) in [6, 6.07) is 13.3. The van der Waals surface area contributed by atoms with Gasteiger partial charge in [0.1, 0.15) is 5.15 Å². The fraction of sp³-hybridized carbons (Fsp3) is 0.211. The first-order chi connectivity index (χ1) is 30.5. The Labute approximate surface area is 394 Å². The van der Waals surface area contributed by atoms with Crippen molar-refractivity contribution in [1.82, 2.24) is 29.1 Å². The largest absolute Gasteiger partial charge is 0.481 e. The van der Waals surface area contributed by atoms with Crippen LogP contribution in [0.25, 0.3) is 32.3 Å². The van der Waals surface area contributed by atoms with Gasteiger partial charge in [0.25, 0.3) is 0 Å². The van der Waals surface area contributed by atoms with E-state index in [4.69, 9.17) is 74.4 Å². The number of aliphatic carboxylic acids is 1. The van der Waals surface area contributed by atoms with Gasteiger partial charge in [-0.15, -0.1) is 0 Å². The molecule has 0 aliphatic carbocycles. The fourth-order valence-corrected chi connectivity index (χ4v) is 9.66. The molecule has 0 unspecified atom stereocenters. The van der Waals surface area contributed by atoms with Gasteiger partial charge in [0.2, 0.25) is 30.1 Å². The molecule has 0 spiro atoms. The minimum absolute atomic E-state index is 0.0866. The lowest BCUT2D eigenvalue weighted by molar-refractivity contribution is -0.136. The van der Waals surface area contributed by atoms with Gasteiger partial charge in [0.05, 0.1) is 36.2 Å². The molecule has 0 aliphatic rings. The second-order valence-electron chi connectivity index (χ2n) is 13.3. The van der Waals surface area contributed by atoms with Crippen molar-refractivity contribution in [2.75, 3.05) is 19.6 Å². The maximum absolute atomic E-state index is 12.2. The van der Waals surface area contributed by atoms with Crippen molar-refractivity contribution in [3.63, 3.8) is 0 Å². The number of guanidine groups is 2. The highest BCUT2D eigenvalue weighted by atomic mass is 35.5.